The first kappa shape index (κ1) is 13.4. The normalized spacial score (nSPS) is 19.6. The van der Waals surface area contributed by atoms with Crippen LogP contribution in [0.4, 0.5) is 0 Å². The minimum absolute atomic E-state index is 0.0666. The number of hydrogen-bond donors (Lipinski definition) is 3. The van der Waals surface area contributed by atoms with Crippen LogP contribution in [0.25, 0.3) is 0 Å². The summed E-state index contributed by atoms with van der Waals surface area (Å²) < 4.78 is 0. The molecule has 1 rings (SSSR count). The van der Waals surface area contributed by atoms with Crippen molar-refractivity contribution >= 4 is 17.7 Å². The number of hydrogen-bond acceptors (Lipinski definition) is 4. The maximum atomic E-state index is 11.8. The lowest BCUT2D eigenvalue weighted by atomic mass is 10.1. The molecular weight excluding hydrogens is 224 g/mol. The van der Waals surface area contributed by atoms with E-state index in [2.05, 4.69) is 16.0 Å². The fourth-order valence-corrected chi connectivity index (χ4v) is 1.71. The number of likely N-dealkylation sites (N-methyl/N-ethyl adjacent to an activating group) is 1. The van der Waals surface area contributed by atoms with Crippen LogP contribution in [0.3, 0.4) is 0 Å². The van der Waals surface area contributed by atoms with Gasteiger partial charge >= 0.3 is 0 Å². The number of rotatable bonds is 3. The molecular formula is C10H18N4O3. The lowest BCUT2D eigenvalue weighted by Gasteiger charge is -2.34. The van der Waals surface area contributed by atoms with Crippen LogP contribution in [0.5, 0.6) is 0 Å². The molecule has 17 heavy (non-hydrogen) atoms. The Balaban J connectivity index is 2.60. The zero-order valence-corrected chi connectivity index (χ0v) is 10.1. The van der Waals surface area contributed by atoms with Gasteiger partial charge in [0, 0.05) is 33.6 Å². The minimum Gasteiger partial charge on any atom is -0.357 e. The second-order valence-electron chi connectivity index (χ2n) is 3.83. The van der Waals surface area contributed by atoms with E-state index < -0.39 is 6.04 Å². The molecule has 1 unspecified atom stereocenters. The van der Waals surface area contributed by atoms with Crippen molar-refractivity contribution in [2.75, 3.05) is 33.2 Å². The Labute approximate surface area is 99.9 Å². The number of amides is 3. The summed E-state index contributed by atoms with van der Waals surface area (Å²) in [6.07, 6.45) is 0. The number of carbonyl (C=O) groups excluding carboxylic acids is 3. The van der Waals surface area contributed by atoms with Crippen molar-refractivity contribution < 1.29 is 14.4 Å². The molecule has 0 saturated carbocycles. The summed E-state index contributed by atoms with van der Waals surface area (Å²) in [5, 5.41) is 8.02. The monoisotopic (exact) mass is 242 g/mol. The molecule has 1 fully saturated rings. The highest BCUT2D eigenvalue weighted by Gasteiger charge is 2.31. The summed E-state index contributed by atoms with van der Waals surface area (Å²) >= 11 is 0. The number of nitrogens with zero attached hydrogens (tertiary/aromatic N) is 1. The third-order valence-electron chi connectivity index (χ3n) is 2.60. The van der Waals surface area contributed by atoms with Crippen LogP contribution in [0.15, 0.2) is 0 Å². The van der Waals surface area contributed by atoms with Crippen molar-refractivity contribution in [1.29, 1.82) is 0 Å². The average Bonchev–Trinajstić information content (AvgIpc) is 2.34. The van der Waals surface area contributed by atoms with Crippen LogP contribution >= 0.6 is 0 Å². The van der Waals surface area contributed by atoms with Gasteiger partial charge in [-0.2, -0.15) is 0 Å². The summed E-state index contributed by atoms with van der Waals surface area (Å²) in [5.41, 5.74) is 0. The number of piperazine rings is 1. The van der Waals surface area contributed by atoms with E-state index in [0.717, 1.165) is 0 Å². The zero-order chi connectivity index (χ0) is 12.8. The van der Waals surface area contributed by atoms with Gasteiger partial charge in [0.25, 0.3) is 0 Å². The second-order valence-corrected chi connectivity index (χ2v) is 3.83. The molecule has 96 valence electrons. The molecule has 3 amide bonds. The molecule has 7 nitrogen and oxygen atoms in total. The number of nitrogens with one attached hydrogen (secondary N) is 3. The standard InChI is InChI=1S/C10H18N4O3/c1-7(15)13-6-9(16)14-4-3-12-5-8(14)10(17)11-2/h8,12H,3-6H2,1-2H3,(H,11,17)(H,13,15). The Morgan fingerprint density at radius 2 is 2.12 bits per heavy atom. The van der Waals surface area contributed by atoms with Crippen molar-refractivity contribution in [3.8, 4) is 0 Å². The fraction of sp³-hybridized carbons (Fsp3) is 0.700. The quantitative estimate of drug-likeness (QED) is 0.518. The van der Waals surface area contributed by atoms with Gasteiger partial charge < -0.3 is 20.9 Å². The largest absolute Gasteiger partial charge is 0.357 e. The smallest absolute Gasteiger partial charge is 0.243 e. The molecule has 1 aliphatic heterocycles. The van der Waals surface area contributed by atoms with E-state index in [1.54, 1.807) is 0 Å². The molecule has 1 aliphatic rings. The molecule has 7 heteroatoms. The molecule has 0 aromatic heterocycles. The van der Waals surface area contributed by atoms with Gasteiger partial charge in [-0.15, -0.1) is 0 Å². The van der Waals surface area contributed by atoms with E-state index in [1.807, 2.05) is 0 Å². The molecule has 1 atom stereocenters. The van der Waals surface area contributed by atoms with Gasteiger partial charge in [-0.05, 0) is 0 Å². The van der Waals surface area contributed by atoms with Gasteiger partial charge in [0.15, 0.2) is 0 Å². The Bertz CT molecular complexity index is 319. The van der Waals surface area contributed by atoms with Gasteiger partial charge in [0.05, 0.1) is 6.54 Å². The predicted molar refractivity (Wildman–Crippen MR) is 61.1 cm³/mol. The Hall–Kier alpha value is -1.63. The van der Waals surface area contributed by atoms with E-state index in [1.165, 1.54) is 18.9 Å². The highest BCUT2D eigenvalue weighted by atomic mass is 16.2. The lowest BCUT2D eigenvalue weighted by molar-refractivity contribution is -0.141. The van der Waals surface area contributed by atoms with Gasteiger partial charge in [0.1, 0.15) is 6.04 Å². The first-order valence-electron chi connectivity index (χ1n) is 5.52. The second kappa shape index (κ2) is 6.19. The van der Waals surface area contributed by atoms with Crippen LogP contribution in [-0.4, -0.2) is 61.9 Å². The minimum atomic E-state index is -0.505. The summed E-state index contributed by atoms with van der Waals surface area (Å²) in [6.45, 7) is 2.84. The summed E-state index contributed by atoms with van der Waals surface area (Å²) in [6, 6.07) is -0.505. The molecule has 1 saturated heterocycles. The molecule has 0 aromatic carbocycles. The summed E-state index contributed by atoms with van der Waals surface area (Å²) in [7, 11) is 1.54. The molecule has 3 N–H and O–H groups in total. The molecule has 0 radical (unpaired) electrons. The van der Waals surface area contributed by atoms with Crippen molar-refractivity contribution in [3.63, 3.8) is 0 Å². The van der Waals surface area contributed by atoms with Crippen molar-refractivity contribution in [2.24, 2.45) is 0 Å². The lowest BCUT2D eigenvalue weighted by Crippen LogP contribution is -2.60. The maximum absolute atomic E-state index is 11.8. The highest BCUT2D eigenvalue weighted by molar-refractivity contribution is 5.90. The third-order valence-corrected chi connectivity index (χ3v) is 2.60. The fourth-order valence-electron chi connectivity index (χ4n) is 1.71. The maximum Gasteiger partial charge on any atom is 0.243 e. The van der Waals surface area contributed by atoms with Gasteiger partial charge in [-0.1, -0.05) is 0 Å². The SMILES string of the molecule is CNC(=O)C1CNCCN1C(=O)CNC(C)=O. The molecule has 0 aromatic rings. The molecule has 0 spiro atoms. The summed E-state index contributed by atoms with van der Waals surface area (Å²) in [4.78, 5) is 35.6. The van der Waals surface area contributed by atoms with Crippen molar-refractivity contribution in [3.05, 3.63) is 0 Å². The Morgan fingerprint density at radius 1 is 1.41 bits per heavy atom. The third kappa shape index (κ3) is 3.70. The van der Waals surface area contributed by atoms with E-state index in [0.29, 0.717) is 19.6 Å². The van der Waals surface area contributed by atoms with Crippen LogP contribution in [0.2, 0.25) is 0 Å². The van der Waals surface area contributed by atoms with Gasteiger partial charge in [-0.3, -0.25) is 14.4 Å². The van der Waals surface area contributed by atoms with E-state index in [-0.39, 0.29) is 24.3 Å². The zero-order valence-electron chi connectivity index (χ0n) is 10.1. The molecule has 0 aliphatic carbocycles. The Morgan fingerprint density at radius 3 is 2.71 bits per heavy atom. The van der Waals surface area contributed by atoms with Gasteiger partial charge in [0.2, 0.25) is 17.7 Å². The molecule has 1 heterocycles. The van der Waals surface area contributed by atoms with Crippen molar-refractivity contribution in [2.45, 2.75) is 13.0 Å². The van der Waals surface area contributed by atoms with E-state index >= 15 is 0 Å². The van der Waals surface area contributed by atoms with Crippen LogP contribution < -0.4 is 16.0 Å². The Kier molecular flexibility index (Phi) is 4.89. The van der Waals surface area contributed by atoms with Crippen LogP contribution in [0, 0.1) is 0 Å². The van der Waals surface area contributed by atoms with E-state index in [9.17, 15) is 14.4 Å². The van der Waals surface area contributed by atoms with Gasteiger partial charge in [-0.25, -0.2) is 0 Å². The van der Waals surface area contributed by atoms with Crippen molar-refractivity contribution in [1.82, 2.24) is 20.9 Å². The first-order chi connectivity index (χ1) is 8.06. The summed E-state index contributed by atoms with van der Waals surface area (Å²) in [5.74, 6) is -0.700. The van der Waals surface area contributed by atoms with Crippen LogP contribution in [0.1, 0.15) is 6.92 Å². The van der Waals surface area contributed by atoms with Crippen LogP contribution in [-0.2, 0) is 14.4 Å². The highest BCUT2D eigenvalue weighted by Crippen LogP contribution is 2.03. The number of carbonyl (C=O) groups is 3. The van der Waals surface area contributed by atoms with E-state index in [4.69, 9.17) is 0 Å². The predicted octanol–water partition coefficient (Wildman–Crippen LogP) is -2.33. The average molecular weight is 242 g/mol. The topological polar surface area (TPSA) is 90.5 Å². The first-order valence-corrected chi connectivity index (χ1v) is 5.52. The molecule has 0 bridgehead atoms.